The molecule has 0 aliphatic heterocycles. The zero-order chi connectivity index (χ0) is 26.3. The van der Waals surface area contributed by atoms with Crippen LogP contribution in [0, 0.1) is 0 Å². The van der Waals surface area contributed by atoms with E-state index >= 15 is 0 Å². The first kappa shape index (κ1) is 23.1. The summed E-state index contributed by atoms with van der Waals surface area (Å²) < 4.78 is 0. The van der Waals surface area contributed by atoms with Gasteiger partial charge in [0.2, 0.25) is 5.13 Å². The normalized spacial score (nSPS) is 11.5. The number of nitrogens with one attached hydrogen (secondary N) is 3. The van der Waals surface area contributed by atoms with Crippen molar-refractivity contribution in [2.45, 2.75) is 5.92 Å². The maximum Gasteiger partial charge on any atom is 0.210 e. The highest BCUT2D eigenvalue weighted by Crippen LogP contribution is 2.40. The topological polar surface area (TPSA) is 110 Å². The van der Waals surface area contributed by atoms with Crippen LogP contribution >= 0.6 is 11.3 Å². The zero-order valence-corrected chi connectivity index (χ0v) is 21.4. The van der Waals surface area contributed by atoms with E-state index in [-0.39, 0.29) is 17.4 Å². The molecule has 7 nitrogen and oxygen atoms in total. The van der Waals surface area contributed by atoms with Gasteiger partial charge in [0, 0.05) is 51.7 Å². The highest BCUT2D eigenvalue weighted by atomic mass is 32.1. The number of phenolic OH excluding ortho intramolecular Hbond substituents is 2. The number of hydrogen-bond donors (Lipinski definition) is 5. The summed E-state index contributed by atoms with van der Waals surface area (Å²) >= 11 is 1.39. The van der Waals surface area contributed by atoms with Crippen LogP contribution in [-0.2, 0) is 0 Å². The summed E-state index contributed by atoms with van der Waals surface area (Å²) in [4.78, 5) is 6.90. The summed E-state index contributed by atoms with van der Waals surface area (Å²) in [6, 6.07) is 29.6. The number of phenols is 2. The molecule has 0 aliphatic carbocycles. The van der Waals surface area contributed by atoms with Crippen molar-refractivity contribution in [3.63, 3.8) is 0 Å². The number of nitrogens with zero attached hydrogens (tertiary/aromatic N) is 2. The van der Waals surface area contributed by atoms with Gasteiger partial charge in [0.25, 0.3) is 0 Å². The van der Waals surface area contributed by atoms with Crippen molar-refractivity contribution < 1.29 is 10.2 Å². The molecular weight excluding hydrogens is 506 g/mol. The molecule has 3 aromatic heterocycles. The number of hydrogen-bond acceptors (Lipinski definition) is 6. The number of anilines is 2. The minimum atomic E-state index is -0.0586. The molecule has 190 valence electrons. The van der Waals surface area contributed by atoms with Gasteiger partial charge in [-0.1, -0.05) is 72.0 Å². The van der Waals surface area contributed by atoms with E-state index in [1.54, 1.807) is 6.07 Å². The van der Waals surface area contributed by atoms with Gasteiger partial charge in [-0.15, -0.1) is 10.2 Å². The summed E-state index contributed by atoms with van der Waals surface area (Å²) in [5.41, 5.74) is 7.25. The molecule has 8 heteroatoms. The number of aromatic amines is 2. The smallest absolute Gasteiger partial charge is 0.210 e. The van der Waals surface area contributed by atoms with E-state index in [2.05, 4.69) is 98.5 Å². The molecule has 7 aromatic rings. The van der Waals surface area contributed by atoms with Crippen LogP contribution in [0.15, 0.2) is 103 Å². The lowest BCUT2D eigenvalue weighted by atomic mass is 9.84. The fourth-order valence-electron chi connectivity index (χ4n) is 5.14. The first-order valence-corrected chi connectivity index (χ1v) is 13.3. The lowest BCUT2D eigenvalue weighted by molar-refractivity contribution is 0.452. The third-order valence-electron chi connectivity index (χ3n) is 7.00. The van der Waals surface area contributed by atoms with E-state index in [1.165, 1.54) is 50.9 Å². The minimum Gasteiger partial charge on any atom is -0.508 e. The molecule has 0 bridgehead atoms. The Morgan fingerprint density at radius 3 is 2.00 bits per heavy atom. The van der Waals surface area contributed by atoms with Gasteiger partial charge in [-0.25, -0.2) is 0 Å². The van der Waals surface area contributed by atoms with Crippen LogP contribution < -0.4 is 5.32 Å². The molecular formula is C31H23N5O2S. The van der Waals surface area contributed by atoms with Gasteiger partial charge >= 0.3 is 0 Å². The van der Waals surface area contributed by atoms with E-state index in [9.17, 15) is 10.2 Å². The molecule has 0 atom stereocenters. The molecule has 0 spiro atoms. The second-order valence-corrected chi connectivity index (χ2v) is 10.4. The quantitative estimate of drug-likeness (QED) is 0.113. The van der Waals surface area contributed by atoms with E-state index in [4.69, 9.17) is 0 Å². The van der Waals surface area contributed by atoms with Gasteiger partial charge in [-0.2, -0.15) is 0 Å². The number of para-hydroxylation sites is 2. The monoisotopic (exact) mass is 529 g/mol. The van der Waals surface area contributed by atoms with Crippen LogP contribution in [0.2, 0.25) is 0 Å². The fraction of sp³-hybridized carbons (Fsp3) is 0.0323. The average molecular weight is 530 g/mol. The van der Waals surface area contributed by atoms with Crippen molar-refractivity contribution in [1.29, 1.82) is 0 Å². The Balaban J connectivity index is 1.25. The Bertz CT molecular complexity index is 1860. The Kier molecular flexibility index (Phi) is 5.53. The van der Waals surface area contributed by atoms with Crippen LogP contribution in [0.25, 0.3) is 32.4 Å². The zero-order valence-electron chi connectivity index (χ0n) is 20.6. The lowest BCUT2D eigenvalue weighted by Gasteiger charge is -2.18. The first-order valence-electron chi connectivity index (χ1n) is 12.5. The molecule has 3 heterocycles. The van der Waals surface area contributed by atoms with Crippen molar-refractivity contribution in [2.75, 3.05) is 5.32 Å². The van der Waals surface area contributed by atoms with Gasteiger partial charge < -0.3 is 25.5 Å². The van der Waals surface area contributed by atoms with Crippen LogP contribution in [0.1, 0.15) is 22.6 Å². The van der Waals surface area contributed by atoms with Crippen LogP contribution in [-0.4, -0.2) is 30.4 Å². The SMILES string of the molecule is Oc1ccc(Nc2nnc(-c3ccc(C(c4c[nH]c5ccccc45)c4c[nH]c5ccccc45)cc3)s2)c(O)c1. The number of aromatic nitrogens is 4. The van der Waals surface area contributed by atoms with Gasteiger partial charge in [-0.3, -0.25) is 0 Å². The second-order valence-electron chi connectivity index (χ2n) is 9.37. The predicted molar refractivity (Wildman–Crippen MR) is 156 cm³/mol. The number of H-pyrrole nitrogens is 2. The summed E-state index contributed by atoms with van der Waals surface area (Å²) in [6.45, 7) is 0. The van der Waals surface area contributed by atoms with Gasteiger partial charge in [-0.05, 0) is 41.0 Å². The van der Waals surface area contributed by atoms with Gasteiger partial charge in [0.05, 0.1) is 5.69 Å². The molecule has 0 unspecified atom stereocenters. The van der Waals surface area contributed by atoms with Crippen LogP contribution in [0.3, 0.4) is 0 Å². The predicted octanol–water partition coefficient (Wildman–Crippen LogP) is 7.50. The Labute approximate surface area is 227 Å². The van der Waals surface area contributed by atoms with Gasteiger partial charge in [0.15, 0.2) is 0 Å². The van der Waals surface area contributed by atoms with Crippen molar-refractivity contribution in [3.05, 3.63) is 120 Å². The molecule has 7 rings (SSSR count). The van der Waals surface area contributed by atoms with E-state index < -0.39 is 0 Å². The lowest BCUT2D eigenvalue weighted by Crippen LogP contribution is -2.02. The largest absolute Gasteiger partial charge is 0.508 e. The maximum atomic E-state index is 10.1. The highest BCUT2D eigenvalue weighted by molar-refractivity contribution is 7.18. The Morgan fingerprint density at radius 2 is 1.36 bits per heavy atom. The molecule has 0 fully saturated rings. The fourth-order valence-corrected chi connectivity index (χ4v) is 5.90. The van der Waals surface area contributed by atoms with Crippen molar-refractivity contribution >= 4 is 44.0 Å². The van der Waals surface area contributed by atoms with Gasteiger partial charge in [0.1, 0.15) is 16.5 Å². The average Bonchev–Trinajstić information content (AvgIpc) is 3.71. The second kappa shape index (κ2) is 9.34. The minimum absolute atomic E-state index is 0.00494. The van der Waals surface area contributed by atoms with Crippen molar-refractivity contribution in [2.24, 2.45) is 0 Å². The molecule has 5 N–H and O–H groups in total. The molecule has 0 amide bonds. The number of rotatable bonds is 6. The third-order valence-corrected chi connectivity index (χ3v) is 7.89. The summed E-state index contributed by atoms with van der Waals surface area (Å²) in [5.74, 6) is -0.0400. The molecule has 0 aliphatic rings. The van der Waals surface area contributed by atoms with E-state index in [1.807, 2.05) is 12.1 Å². The van der Waals surface area contributed by atoms with Crippen LogP contribution in [0.5, 0.6) is 11.5 Å². The van der Waals surface area contributed by atoms with Crippen molar-refractivity contribution in [1.82, 2.24) is 20.2 Å². The van der Waals surface area contributed by atoms with E-state index in [0.29, 0.717) is 10.8 Å². The molecule has 0 saturated heterocycles. The molecule has 0 saturated carbocycles. The van der Waals surface area contributed by atoms with Crippen LogP contribution in [0.4, 0.5) is 10.8 Å². The maximum absolute atomic E-state index is 10.1. The Hall–Kier alpha value is -5.08. The van der Waals surface area contributed by atoms with E-state index in [0.717, 1.165) is 21.6 Å². The molecule has 4 aromatic carbocycles. The number of benzene rings is 4. The first-order chi connectivity index (χ1) is 19.1. The summed E-state index contributed by atoms with van der Waals surface area (Å²) in [7, 11) is 0. The van der Waals surface area contributed by atoms with Crippen molar-refractivity contribution in [3.8, 4) is 22.1 Å². The molecule has 39 heavy (non-hydrogen) atoms. The Morgan fingerprint density at radius 1 is 0.718 bits per heavy atom. The summed E-state index contributed by atoms with van der Waals surface area (Å²) in [5, 5.41) is 35.0. The standard InChI is InChI=1S/C31H23N5O2S/c37-20-13-14-27(28(38)15-20)34-31-36-35-30(39-31)19-11-9-18(10-12-19)29(23-16-32-25-7-3-1-5-21(23)25)24-17-33-26-8-4-2-6-22(24)26/h1-17,29,32-33,37-38H,(H,34,36). The third kappa shape index (κ3) is 4.17. The number of fused-ring (bicyclic) bond motifs is 2. The summed E-state index contributed by atoms with van der Waals surface area (Å²) in [6.07, 6.45) is 4.24. The molecule has 0 radical (unpaired) electrons. The number of aromatic hydroxyl groups is 2. The highest BCUT2D eigenvalue weighted by Gasteiger charge is 2.23.